The largest absolute Gasteiger partial charge is 0.444 e. The Labute approximate surface area is 141 Å². The van der Waals surface area contributed by atoms with Crippen LogP contribution in [0.15, 0.2) is 21.2 Å². The number of imide groups is 1. The number of rotatable bonds is 2. The molecule has 0 saturated carbocycles. The number of piperidine rings is 1. The van der Waals surface area contributed by atoms with E-state index in [-0.39, 0.29) is 35.8 Å². The molecule has 4 heterocycles. The van der Waals surface area contributed by atoms with Crippen LogP contribution in [0.1, 0.15) is 49.1 Å². The summed E-state index contributed by atoms with van der Waals surface area (Å²) in [7, 11) is 0. The van der Waals surface area contributed by atoms with Gasteiger partial charge in [0.25, 0.3) is 5.91 Å². The molecule has 0 aromatic carbocycles. The fraction of sp³-hybridized carbons (Fsp3) is 0.562. The molecular weight excluding hydrogens is 364 g/mol. The number of hydrogen-bond donors (Lipinski definition) is 0. The van der Waals surface area contributed by atoms with E-state index < -0.39 is 0 Å². The van der Waals surface area contributed by atoms with Gasteiger partial charge < -0.3 is 9.32 Å². The zero-order valence-corrected chi connectivity index (χ0v) is 14.1. The van der Waals surface area contributed by atoms with Crippen LogP contribution in [-0.4, -0.2) is 45.6 Å². The van der Waals surface area contributed by atoms with Gasteiger partial charge in [-0.3, -0.25) is 19.3 Å². The number of nitrogens with zero attached hydrogens (tertiary/aromatic N) is 2. The fourth-order valence-electron chi connectivity index (χ4n) is 4.25. The molecule has 3 saturated heterocycles. The van der Waals surface area contributed by atoms with Crippen LogP contribution >= 0.6 is 15.9 Å². The van der Waals surface area contributed by atoms with Gasteiger partial charge in [0.15, 0.2) is 10.4 Å². The van der Waals surface area contributed by atoms with Gasteiger partial charge in [0.1, 0.15) is 0 Å². The molecule has 2 unspecified atom stereocenters. The molecule has 2 bridgehead atoms. The van der Waals surface area contributed by atoms with E-state index in [0.29, 0.717) is 36.1 Å². The first-order valence-electron chi connectivity index (χ1n) is 7.97. The maximum atomic E-state index is 12.7. The van der Waals surface area contributed by atoms with Crippen LogP contribution in [0.4, 0.5) is 0 Å². The maximum absolute atomic E-state index is 12.7. The van der Waals surface area contributed by atoms with E-state index >= 15 is 0 Å². The zero-order chi connectivity index (χ0) is 16.1. The Morgan fingerprint density at radius 2 is 1.65 bits per heavy atom. The molecule has 3 fully saturated rings. The Kier molecular flexibility index (Phi) is 3.55. The molecule has 2 atom stereocenters. The van der Waals surface area contributed by atoms with Gasteiger partial charge in [0, 0.05) is 31.0 Å². The minimum Gasteiger partial charge on any atom is -0.444 e. The Hall–Kier alpha value is -1.63. The van der Waals surface area contributed by atoms with Crippen molar-refractivity contribution in [3.8, 4) is 0 Å². The average molecular weight is 381 g/mol. The van der Waals surface area contributed by atoms with E-state index in [9.17, 15) is 14.4 Å². The molecule has 0 N–H and O–H groups in total. The van der Waals surface area contributed by atoms with Gasteiger partial charge in [-0.1, -0.05) is 0 Å². The van der Waals surface area contributed by atoms with Gasteiger partial charge in [0.05, 0.1) is 0 Å². The summed E-state index contributed by atoms with van der Waals surface area (Å²) in [6.45, 7) is 0. The summed E-state index contributed by atoms with van der Waals surface area (Å²) >= 11 is 3.22. The lowest BCUT2D eigenvalue weighted by Gasteiger charge is -2.41. The molecule has 3 aliphatic heterocycles. The maximum Gasteiger partial charge on any atom is 0.290 e. The first-order chi connectivity index (χ1) is 11.0. The van der Waals surface area contributed by atoms with Crippen LogP contribution in [-0.2, 0) is 9.59 Å². The van der Waals surface area contributed by atoms with E-state index in [1.807, 2.05) is 4.90 Å². The van der Waals surface area contributed by atoms with Gasteiger partial charge in [-0.2, -0.15) is 0 Å². The van der Waals surface area contributed by atoms with Crippen molar-refractivity contribution < 1.29 is 18.8 Å². The summed E-state index contributed by atoms with van der Waals surface area (Å²) in [5.74, 6) is 0.115. The van der Waals surface area contributed by atoms with Crippen LogP contribution < -0.4 is 0 Å². The fourth-order valence-corrected chi connectivity index (χ4v) is 4.55. The molecule has 3 amide bonds. The lowest BCUT2D eigenvalue weighted by Crippen LogP contribution is -2.53. The number of likely N-dealkylation sites (tertiary alicyclic amines) is 1. The Morgan fingerprint density at radius 1 is 1.04 bits per heavy atom. The monoisotopic (exact) mass is 380 g/mol. The summed E-state index contributed by atoms with van der Waals surface area (Å²) in [6, 6.07) is 3.49. The van der Waals surface area contributed by atoms with Crippen LogP contribution in [0.25, 0.3) is 0 Å². The van der Waals surface area contributed by atoms with Gasteiger partial charge >= 0.3 is 0 Å². The third-order valence-electron chi connectivity index (χ3n) is 5.18. The molecule has 0 radical (unpaired) electrons. The van der Waals surface area contributed by atoms with Crippen molar-refractivity contribution in [1.29, 1.82) is 0 Å². The normalized spacial score (nSPS) is 30.4. The summed E-state index contributed by atoms with van der Waals surface area (Å²) in [5.41, 5.74) is 0. The highest BCUT2D eigenvalue weighted by atomic mass is 79.9. The Morgan fingerprint density at radius 3 is 2.17 bits per heavy atom. The van der Waals surface area contributed by atoms with Crippen molar-refractivity contribution in [1.82, 2.24) is 9.80 Å². The van der Waals surface area contributed by atoms with Crippen molar-refractivity contribution in [2.75, 3.05) is 0 Å². The van der Waals surface area contributed by atoms with Crippen molar-refractivity contribution in [3.63, 3.8) is 0 Å². The van der Waals surface area contributed by atoms with E-state index in [4.69, 9.17) is 4.42 Å². The van der Waals surface area contributed by atoms with Crippen LogP contribution in [0.3, 0.4) is 0 Å². The number of fused-ring (bicyclic) bond motifs is 2. The van der Waals surface area contributed by atoms with E-state index in [2.05, 4.69) is 15.9 Å². The predicted molar refractivity (Wildman–Crippen MR) is 83.5 cm³/mol. The zero-order valence-electron chi connectivity index (χ0n) is 12.5. The molecule has 1 aromatic rings. The molecule has 23 heavy (non-hydrogen) atoms. The number of hydrogen-bond acceptors (Lipinski definition) is 4. The van der Waals surface area contributed by atoms with Crippen molar-refractivity contribution >= 4 is 33.7 Å². The minimum absolute atomic E-state index is 0.0533. The number of halogens is 1. The third kappa shape index (κ3) is 2.41. The van der Waals surface area contributed by atoms with E-state index in [1.165, 1.54) is 4.90 Å². The van der Waals surface area contributed by atoms with Gasteiger partial charge in [0.2, 0.25) is 11.8 Å². The van der Waals surface area contributed by atoms with Crippen molar-refractivity contribution in [2.24, 2.45) is 0 Å². The second-order valence-corrected chi connectivity index (χ2v) is 7.27. The summed E-state index contributed by atoms with van der Waals surface area (Å²) < 4.78 is 5.93. The molecule has 7 heteroatoms. The molecule has 122 valence electrons. The molecule has 1 aromatic heterocycles. The highest BCUT2D eigenvalue weighted by Crippen LogP contribution is 2.39. The quantitative estimate of drug-likeness (QED) is 0.738. The smallest absolute Gasteiger partial charge is 0.290 e. The highest BCUT2D eigenvalue weighted by Gasteiger charge is 2.48. The predicted octanol–water partition coefficient (Wildman–Crippen LogP) is 2.33. The number of furan rings is 1. The van der Waals surface area contributed by atoms with Crippen molar-refractivity contribution in [3.05, 3.63) is 22.6 Å². The molecule has 6 nitrogen and oxygen atoms in total. The summed E-state index contributed by atoms with van der Waals surface area (Å²) in [6.07, 6.45) is 3.86. The van der Waals surface area contributed by atoms with Crippen LogP contribution in [0, 0.1) is 0 Å². The standard InChI is InChI=1S/C16H17BrN2O4/c17-13-4-3-12(23-13)16(22)18-9-1-2-10(18)8-11(7-9)19-14(20)5-6-15(19)21/h3-4,9-11H,1-2,5-8H2. The van der Waals surface area contributed by atoms with Crippen LogP contribution in [0.5, 0.6) is 0 Å². The first kappa shape index (κ1) is 14.9. The molecule has 3 aliphatic rings. The number of carbonyl (C=O) groups is 3. The Balaban J connectivity index is 1.53. The molecular formula is C16H17BrN2O4. The summed E-state index contributed by atoms with van der Waals surface area (Å²) in [5, 5.41) is 0. The van der Waals surface area contributed by atoms with E-state index in [0.717, 1.165) is 12.8 Å². The van der Waals surface area contributed by atoms with Gasteiger partial charge in [-0.25, -0.2) is 0 Å². The lowest BCUT2D eigenvalue weighted by atomic mass is 9.95. The first-order valence-corrected chi connectivity index (χ1v) is 8.77. The van der Waals surface area contributed by atoms with Gasteiger partial charge in [-0.05, 0) is 53.7 Å². The van der Waals surface area contributed by atoms with E-state index in [1.54, 1.807) is 12.1 Å². The average Bonchev–Trinajstić information content (AvgIpc) is 3.16. The third-order valence-corrected chi connectivity index (χ3v) is 5.61. The topological polar surface area (TPSA) is 70.8 Å². The van der Waals surface area contributed by atoms with Gasteiger partial charge in [-0.15, -0.1) is 0 Å². The second-order valence-electron chi connectivity index (χ2n) is 6.48. The van der Waals surface area contributed by atoms with Crippen molar-refractivity contribution in [2.45, 2.75) is 56.7 Å². The molecule has 0 aliphatic carbocycles. The lowest BCUT2D eigenvalue weighted by molar-refractivity contribution is -0.142. The number of amides is 3. The Bertz CT molecular complexity index is 655. The minimum atomic E-state index is -0.0966. The SMILES string of the molecule is O=C1CCC(=O)N1C1CC2CCC(C1)N2C(=O)c1ccc(Br)o1. The van der Waals surface area contributed by atoms with Crippen LogP contribution in [0.2, 0.25) is 0 Å². The molecule has 0 spiro atoms. The molecule has 4 rings (SSSR count). The number of carbonyl (C=O) groups excluding carboxylic acids is 3. The summed E-state index contributed by atoms with van der Waals surface area (Å²) in [4.78, 5) is 40.0. The highest BCUT2D eigenvalue weighted by molar-refractivity contribution is 9.10. The second kappa shape index (κ2) is 5.47.